The summed E-state index contributed by atoms with van der Waals surface area (Å²) in [7, 11) is 0. The third-order valence-electron chi connectivity index (χ3n) is 4.31. The molecule has 1 saturated carbocycles. The number of rotatable bonds is 9. The van der Waals surface area contributed by atoms with E-state index in [1.54, 1.807) is 6.07 Å². The van der Waals surface area contributed by atoms with E-state index in [-0.39, 0.29) is 26.2 Å². The Morgan fingerprint density at radius 2 is 2.08 bits per heavy atom. The monoisotopic (exact) mass is 344 g/mol. The summed E-state index contributed by atoms with van der Waals surface area (Å²) < 4.78 is 36.9. The van der Waals surface area contributed by atoms with Crippen LogP contribution in [0.2, 0.25) is 0 Å². The second-order valence-electron chi connectivity index (χ2n) is 6.24. The average Bonchev–Trinajstić information content (AvgIpc) is 2.97. The maximum atomic E-state index is 12.9. The summed E-state index contributed by atoms with van der Waals surface area (Å²) >= 11 is 0. The van der Waals surface area contributed by atoms with Crippen molar-refractivity contribution in [2.45, 2.75) is 24.4 Å². The molecular formula is C15H22F2N4O3. The number of anilines is 2. The van der Waals surface area contributed by atoms with Crippen molar-refractivity contribution in [2.24, 2.45) is 5.92 Å². The van der Waals surface area contributed by atoms with Gasteiger partial charge in [-0.2, -0.15) is 0 Å². The number of aliphatic hydroxyl groups is 1. The van der Waals surface area contributed by atoms with Crippen LogP contribution in [-0.4, -0.2) is 66.1 Å². The third kappa shape index (κ3) is 4.28. The van der Waals surface area contributed by atoms with Gasteiger partial charge in [0, 0.05) is 44.5 Å². The molecule has 1 aliphatic carbocycles. The van der Waals surface area contributed by atoms with E-state index in [9.17, 15) is 8.78 Å². The highest BCUT2D eigenvalue weighted by molar-refractivity contribution is 5.46. The highest BCUT2D eigenvalue weighted by Crippen LogP contribution is 2.48. The van der Waals surface area contributed by atoms with E-state index < -0.39 is 17.4 Å². The summed E-state index contributed by atoms with van der Waals surface area (Å²) in [5, 5.41) is 15.0. The molecule has 2 aliphatic rings. The Morgan fingerprint density at radius 1 is 1.33 bits per heavy atom. The second-order valence-corrected chi connectivity index (χ2v) is 6.24. The molecule has 2 heterocycles. The fourth-order valence-electron chi connectivity index (χ4n) is 2.68. The fourth-order valence-corrected chi connectivity index (χ4v) is 2.68. The second kappa shape index (κ2) is 7.12. The van der Waals surface area contributed by atoms with Crippen LogP contribution in [0.3, 0.4) is 0 Å². The molecule has 0 amide bonds. The SMILES string of the molecule is OCCOC1(CNc2cc(NCC3CC3(F)F)ncn2)CCOC1. The normalized spacial score (nSPS) is 27.9. The van der Waals surface area contributed by atoms with Crippen LogP contribution >= 0.6 is 0 Å². The molecular weight excluding hydrogens is 322 g/mol. The van der Waals surface area contributed by atoms with E-state index in [1.807, 2.05) is 0 Å². The molecule has 0 bridgehead atoms. The van der Waals surface area contributed by atoms with Gasteiger partial charge >= 0.3 is 0 Å². The lowest BCUT2D eigenvalue weighted by Gasteiger charge is -2.28. The molecule has 1 aliphatic heterocycles. The fraction of sp³-hybridized carbons (Fsp3) is 0.733. The average molecular weight is 344 g/mol. The zero-order chi connectivity index (χ0) is 17.0. The molecule has 1 aromatic rings. The molecule has 9 heteroatoms. The summed E-state index contributed by atoms with van der Waals surface area (Å²) in [5.41, 5.74) is -0.489. The Hall–Kier alpha value is -1.58. The molecule has 134 valence electrons. The molecule has 2 atom stereocenters. The Bertz CT molecular complexity index is 555. The number of aromatic nitrogens is 2. The summed E-state index contributed by atoms with van der Waals surface area (Å²) in [6, 6.07) is 1.68. The van der Waals surface area contributed by atoms with Gasteiger partial charge in [-0.1, -0.05) is 0 Å². The minimum Gasteiger partial charge on any atom is -0.394 e. The van der Waals surface area contributed by atoms with Crippen molar-refractivity contribution < 1.29 is 23.4 Å². The lowest BCUT2D eigenvalue weighted by atomic mass is 10.0. The predicted molar refractivity (Wildman–Crippen MR) is 83.3 cm³/mol. The zero-order valence-electron chi connectivity index (χ0n) is 13.3. The maximum absolute atomic E-state index is 12.9. The standard InChI is InChI=1S/C15H22F2N4O3/c16-15(17)6-11(15)7-18-12-5-13(21-10-20-12)19-8-14(24-4-2-22)1-3-23-9-14/h5,10-11,22H,1-4,6-9H2,(H2,18,19,20,21). The highest BCUT2D eigenvalue weighted by Gasteiger charge is 2.56. The molecule has 2 unspecified atom stereocenters. The van der Waals surface area contributed by atoms with E-state index in [2.05, 4.69) is 20.6 Å². The topological polar surface area (TPSA) is 88.5 Å². The summed E-state index contributed by atoms with van der Waals surface area (Å²) in [6.07, 6.45) is 2.04. The van der Waals surface area contributed by atoms with Crippen molar-refractivity contribution >= 4 is 11.6 Å². The molecule has 3 rings (SSSR count). The van der Waals surface area contributed by atoms with Crippen LogP contribution in [0.1, 0.15) is 12.8 Å². The molecule has 2 fully saturated rings. The van der Waals surface area contributed by atoms with Gasteiger partial charge in [0.1, 0.15) is 23.6 Å². The van der Waals surface area contributed by atoms with Crippen molar-refractivity contribution in [1.82, 2.24) is 9.97 Å². The number of hydrogen-bond acceptors (Lipinski definition) is 7. The summed E-state index contributed by atoms with van der Waals surface area (Å²) in [5.74, 6) is -2.08. The van der Waals surface area contributed by atoms with E-state index in [1.165, 1.54) is 6.33 Å². The first kappa shape index (κ1) is 17.2. The minimum atomic E-state index is -2.54. The molecule has 0 spiro atoms. The van der Waals surface area contributed by atoms with E-state index in [0.717, 1.165) is 6.42 Å². The Balaban J connectivity index is 1.52. The van der Waals surface area contributed by atoms with Gasteiger partial charge in [0.15, 0.2) is 0 Å². The van der Waals surface area contributed by atoms with Gasteiger partial charge in [-0.15, -0.1) is 0 Å². The summed E-state index contributed by atoms with van der Waals surface area (Å²) in [6.45, 7) is 1.93. The van der Waals surface area contributed by atoms with Crippen molar-refractivity contribution in [2.75, 3.05) is 50.2 Å². The van der Waals surface area contributed by atoms with Crippen LogP contribution < -0.4 is 10.6 Å². The highest BCUT2D eigenvalue weighted by atomic mass is 19.3. The Kier molecular flexibility index (Phi) is 5.12. The lowest BCUT2D eigenvalue weighted by molar-refractivity contribution is -0.0520. The predicted octanol–water partition coefficient (Wildman–Crippen LogP) is 1.12. The van der Waals surface area contributed by atoms with Crippen molar-refractivity contribution in [3.8, 4) is 0 Å². The number of ether oxygens (including phenoxy) is 2. The van der Waals surface area contributed by atoms with Crippen LogP contribution in [0.5, 0.6) is 0 Å². The number of halogens is 2. The third-order valence-corrected chi connectivity index (χ3v) is 4.31. The Morgan fingerprint density at radius 3 is 2.71 bits per heavy atom. The molecule has 1 aromatic heterocycles. The number of nitrogens with zero attached hydrogens (tertiary/aromatic N) is 2. The van der Waals surface area contributed by atoms with E-state index >= 15 is 0 Å². The zero-order valence-corrected chi connectivity index (χ0v) is 13.3. The van der Waals surface area contributed by atoms with Crippen LogP contribution in [-0.2, 0) is 9.47 Å². The largest absolute Gasteiger partial charge is 0.394 e. The first-order valence-electron chi connectivity index (χ1n) is 8.03. The molecule has 1 saturated heterocycles. The minimum absolute atomic E-state index is 0.0465. The molecule has 24 heavy (non-hydrogen) atoms. The van der Waals surface area contributed by atoms with Gasteiger partial charge in [0.25, 0.3) is 5.92 Å². The van der Waals surface area contributed by atoms with Gasteiger partial charge in [-0.3, -0.25) is 0 Å². The van der Waals surface area contributed by atoms with Gasteiger partial charge in [0.2, 0.25) is 0 Å². The molecule has 0 radical (unpaired) electrons. The van der Waals surface area contributed by atoms with Gasteiger partial charge in [0.05, 0.1) is 19.8 Å². The number of nitrogens with one attached hydrogen (secondary N) is 2. The number of hydrogen-bond donors (Lipinski definition) is 3. The maximum Gasteiger partial charge on any atom is 0.253 e. The van der Waals surface area contributed by atoms with Crippen molar-refractivity contribution in [3.05, 3.63) is 12.4 Å². The Labute approximate surface area is 138 Å². The van der Waals surface area contributed by atoms with E-state index in [0.29, 0.717) is 31.4 Å². The smallest absolute Gasteiger partial charge is 0.253 e. The van der Waals surface area contributed by atoms with Crippen LogP contribution in [0, 0.1) is 5.92 Å². The first-order valence-corrected chi connectivity index (χ1v) is 8.03. The molecule has 3 N–H and O–H groups in total. The van der Waals surface area contributed by atoms with Gasteiger partial charge in [-0.25, -0.2) is 18.7 Å². The van der Waals surface area contributed by atoms with E-state index in [4.69, 9.17) is 14.6 Å². The first-order chi connectivity index (χ1) is 11.5. The van der Waals surface area contributed by atoms with Crippen LogP contribution in [0.4, 0.5) is 20.4 Å². The summed E-state index contributed by atoms with van der Waals surface area (Å²) in [4.78, 5) is 8.16. The van der Waals surface area contributed by atoms with Crippen LogP contribution in [0.15, 0.2) is 12.4 Å². The molecule has 7 nitrogen and oxygen atoms in total. The van der Waals surface area contributed by atoms with Crippen LogP contribution in [0.25, 0.3) is 0 Å². The quantitative estimate of drug-likeness (QED) is 0.619. The van der Waals surface area contributed by atoms with Crippen molar-refractivity contribution in [3.63, 3.8) is 0 Å². The van der Waals surface area contributed by atoms with Gasteiger partial charge in [-0.05, 0) is 0 Å². The lowest BCUT2D eigenvalue weighted by Crippen LogP contribution is -2.41. The van der Waals surface area contributed by atoms with Crippen molar-refractivity contribution in [1.29, 1.82) is 0 Å². The molecule has 0 aromatic carbocycles. The number of alkyl halides is 2. The number of aliphatic hydroxyl groups excluding tert-OH is 1. The van der Waals surface area contributed by atoms with Gasteiger partial charge < -0.3 is 25.2 Å².